The zero-order valence-electron chi connectivity index (χ0n) is 23.4. The van der Waals surface area contributed by atoms with Crippen molar-refractivity contribution in [3.05, 3.63) is 130 Å². The minimum atomic E-state index is -2.87. The zero-order valence-corrected chi connectivity index (χ0v) is 26.9. The van der Waals surface area contributed by atoms with Gasteiger partial charge in [0.05, 0.1) is 0 Å². The summed E-state index contributed by atoms with van der Waals surface area (Å²) in [6.07, 6.45) is 0. The van der Waals surface area contributed by atoms with Gasteiger partial charge < -0.3 is 0 Å². The Balaban J connectivity index is 1.57. The van der Waals surface area contributed by atoms with Crippen LogP contribution in [0.2, 0.25) is 22.4 Å². The van der Waals surface area contributed by atoms with Crippen molar-refractivity contribution in [2.75, 3.05) is 0 Å². The summed E-state index contributed by atoms with van der Waals surface area (Å²) >= 11 is -2.87. The fourth-order valence-corrected chi connectivity index (χ4v) is 26.0. The molecular formula is C36H36SiZr. The summed E-state index contributed by atoms with van der Waals surface area (Å²) in [6, 6.07) is 36.7. The van der Waals surface area contributed by atoms with Gasteiger partial charge in [-0.3, -0.25) is 0 Å². The van der Waals surface area contributed by atoms with E-state index in [1.807, 2.05) is 0 Å². The van der Waals surface area contributed by atoms with E-state index in [0.717, 1.165) is 0 Å². The standard InChI is InChI=1S/C34H30Si.2CH3.Zr/c1-23-21-27-17-11-19-29(25-13-7-5-8-14-25)31(27)33(23)35(3,4)34-24(2)22-28-18-12-20-30(32(28)34)26-15-9-6-10-16-26;;;/h5-22H,1-4H3;2*1H3;. The van der Waals surface area contributed by atoms with Crippen molar-refractivity contribution >= 4 is 18.5 Å². The van der Waals surface area contributed by atoms with Crippen molar-refractivity contribution in [2.45, 2.75) is 43.5 Å². The molecule has 188 valence electrons. The molecule has 7 rings (SSSR count). The first-order valence-corrected chi connectivity index (χ1v) is 24.8. The van der Waals surface area contributed by atoms with Crippen LogP contribution in [0.4, 0.5) is 0 Å². The molecule has 0 nitrogen and oxygen atoms in total. The Labute approximate surface area is 233 Å². The quantitative estimate of drug-likeness (QED) is 0.205. The Morgan fingerprint density at radius 2 is 0.921 bits per heavy atom. The van der Waals surface area contributed by atoms with E-state index in [4.69, 9.17) is 0 Å². The second kappa shape index (κ2) is 8.48. The Kier molecular flexibility index (Phi) is 5.47. The van der Waals surface area contributed by atoms with Gasteiger partial charge in [-0.15, -0.1) is 0 Å². The summed E-state index contributed by atoms with van der Waals surface area (Å²) in [4.78, 5) is 0. The van der Waals surface area contributed by atoms with Crippen LogP contribution < -0.4 is 0 Å². The molecule has 2 heteroatoms. The molecular weight excluding hydrogens is 552 g/mol. The molecule has 4 aromatic carbocycles. The van der Waals surface area contributed by atoms with Crippen molar-refractivity contribution in [2.24, 2.45) is 0 Å². The molecule has 1 heterocycles. The second-order valence-electron chi connectivity index (χ2n) is 12.7. The number of benzene rings is 4. The van der Waals surface area contributed by atoms with Crippen molar-refractivity contribution in [1.29, 1.82) is 0 Å². The van der Waals surface area contributed by atoms with Crippen LogP contribution >= 0.6 is 0 Å². The molecule has 38 heavy (non-hydrogen) atoms. The molecule has 0 amide bonds. The van der Waals surface area contributed by atoms with Crippen molar-refractivity contribution < 1.29 is 20.3 Å². The van der Waals surface area contributed by atoms with Gasteiger partial charge in [0.15, 0.2) is 0 Å². The number of rotatable bonds is 2. The average Bonchev–Trinajstić information content (AvgIpc) is 3.41. The topological polar surface area (TPSA) is 0 Å². The SMILES string of the molecule is CC1=C2c3c(-c4ccccc4)cccc3[CH]1[Zr]([CH3])([CH3])[CH]1C(C)=C(c3c(-c4ccccc4)cccc31)[Si]2(C)C. The first kappa shape index (κ1) is 24.5. The molecule has 0 radical (unpaired) electrons. The minimum absolute atomic E-state index is 0.623. The first-order chi connectivity index (χ1) is 18.2. The van der Waals surface area contributed by atoms with Crippen LogP contribution in [0.15, 0.2) is 108 Å². The summed E-state index contributed by atoms with van der Waals surface area (Å²) < 4.78 is 6.75. The van der Waals surface area contributed by atoms with Gasteiger partial charge in [-0.1, -0.05) is 0 Å². The Morgan fingerprint density at radius 3 is 1.32 bits per heavy atom. The van der Waals surface area contributed by atoms with E-state index in [-0.39, 0.29) is 0 Å². The van der Waals surface area contributed by atoms with Crippen LogP contribution in [0.3, 0.4) is 0 Å². The van der Waals surface area contributed by atoms with Crippen LogP contribution in [0.5, 0.6) is 0 Å². The van der Waals surface area contributed by atoms with Crippen LogP contribution in [-0.2, 0) is 20.3 Å². The summed E-state index contributed by atoms with van der Waals surface area (Å²) in [7, 11) is -2.08. The van der Waals surface area contributed by atoms with Gasteiger partial charge in [0, 0.05) is 0 Å². The Morgan fingerprint density at radius 1 is 0.526 bits per heavy atom. The Bertz CT molecular complexity index is 1550. The summed E-state index contributed by atoms with van der Waals surface area (Å²) in [5.74, 6) is 0. The molecule has 0 fully saturated rings. The number of fused-ring (bicyclic) bond motifs is 8. The molecule has 2 atom stereocenters. The molecule has 2 aliphatic carbocycles. The van der Waals surface area contributed by atoms with E-state index < -0.39 is 28.3 Å². The normalized spacial score (nSPS) is 22.2. The molecule has 3 aliphatic rings. The maximum atomic E-state index is 2.75. The second-order valence-corrected chi connectivity index (χ2v) is 28.7. The fourth-order valence-electron chi connectivity index (χ4n) is 8.87. The molecule has 0 N–H and O–H groups in total. The van der Waals surface area contributed by atoms with Gasteiger partial charge in [-0.25, -0.2) is 0 Å². The van der Waals surface area contributed by atoms with E-state index in [9.17, 15) is 0 Å². The molecule has 0 aromatic heterocycles. The first-order valence-electron chi connectivity index (χ1n) is 14.0. The van der Waals surface area contributed by atoms with Gasteiger partial charge >= 0.3 is 235 Å². The number of allylic oxidation sites excluding steroid dienone is 2. The number of hydrogen-bond acceptors (Lipinski definition) is 0. The van der Waals surface area contributed by atoms with Gasteiger partial charge in [-0.05, 0) is 0 Å². The van der Waals surface area contributed by atoms with E-state index in [1.54, 1.807) is 43.8 Å². The van der Waals surface area contributed by atoms with Crippen LogP contribution in [-0.4, -0.2) is 8.07 Å². The molecule has 1 aliphatic heterocycles. The molecule has 4 aromatic rings. The van der Waals surface area contributed by atoms with Crippen LogP contribution in [0.25, 0.3) is 32.6 Å². The predicted molar refractivity (Wildman–Crippen MR) is 164 cm³/mol. The van der Waals surface area contributed by atoms with Gasteiger partial charge in [-0.2, -0.15) is 0 Å². The van der Waals surface area contributed by atoms with E-state index in [0.29, 0.717) is 7.25 Å². The molecule has 0 spiro atoms. The summed E-state index contributed by atoms with van der Waals surface area (Å²) in [6.45, 7) is 10.3. The summed E-state index contributed by atoms with van der Waals surface area (Å²) in [5, 5.41) is 3.45. The zero-order chi connectivity index (χ0) is 26.4. The van der Waals surface area contributed by atoms with Gasteiger partial charge in [0.1, 0.15) is 0 Å². The Hall–Kier alpha value is -2.54. The van der Waals surface area contributed by atoms with Crippen LogP contribution in [0, 0.1) is 0 Å². The van der Waals surface area contributed by atoms with E-state index in [1.165, 1.54) is 22.3 Å². The number of hydrogen-bond donors (Lipinski definition) is 0. The van der Waals surface area contributed by atoms with Crippen LogP contribution in [0.1, 0.15) is 43.4 Å². The molecule has 0 saturated carbocycles. The van der Waals surface area contributed by atoms with Crippen molar-refractivity contribution in [1.82, 2.24) is 0 Å². The maximum absolute atomic E-state index is 2.87. The van der Waals surface area contributed by atoms with Crippen molar-refractivity contribution in [3.8, 4) is 22.3 Å². The van der Waals surface area contributed by atoms with Gasteiger partial charge in [0.2, 0.25) is 0 Å². The molecule has 4 bridgehead atoms. The average molecular weight is 588 g/mol. The third-order valence-electron chi connectivity index (χ3n) is 9.88. The van der Waals surface area contributed by atoms with E-state index in [2.05, 4.69) is 133 Å². The summed E-state index contributed by atoms with van der Waals surface area (Å²) in [5.41, 5.74) is 15.5. The van der Waals surface area contributed by atoms with Crippen molar-refractivity contribution in [3.63, 3.8) is 0 Å². The van der Waals surface area contributed by atoms with E-state index >= 15 is 0 Å². The molecule has 0 saturated heterocycles. The molecule has 2 unspecified atom stereocenters. The fraction of sp³-hybridized carbons (Fsp3) is 0.222. The predicted octanol–water partition coefficient (Wildman–Crippen LogP) is 10.4. The third-order valence-corrected chi connectivity index (χ3v) is 24.6. The monoisotopic (exact) mass is 586 g/mol. The van der Waals surface area contributed by atoms with Gasteiger partial charge in [0.25, 0.3) is 0 Å². The third kappa shape index (κ3) is 3.17.